The highest BCUT2D eigenvalue weighted by atomic mass is 32.2. The van der Waals surface area contributed by atoms with E-state index in [0.717, 1.165) is 5.75 Å². The van der Waals surface area contributed by atoms with Crippen molar-refractivity contribution in [3.8, 4) is 0 Å². The minimum absolute atomic E-state index is 0.103. The number of ether oxygens (including phenoxy) is 1. The molecule has 0 aliphatic heterocycles. The summed E-state index contributed by atoms with van der Waals surface area (Å²) in [6.45, 7) is 0. The molecular formula is C12H14O3S. The summed E-state index contributed by atoms with van der Waals surface area (Å²) in [6, 6.07) is 6.54. The molecule has 0 radical (unpaired) electrons. The van der Waals surface area contributed by atoms with Gasteiger partial charge in [-0.1, -0.05) is 12.1 Å². The lowest BCUT2D eigenvalue weighted by molar-refractivity contribution is 0.0600. The third-order valence-electron chi connectivity index (χ3n) is 2.16. The van der Waals surface area contributed by atoms with Gasteiger partial charge in [-0.25, -0.2) is 4.79 Å². The molecule has 0 atom stereocenters. The van der Waals surface area contributed by atoms with Crippen molar-refractivity contribution in [2.45, 2.75) is 6.42 Å². The molecule has 0 unspecified atom stereocenters. The Labute approximate surface area is 99.2 Å². The van der Waals surface area contributed by atoms with E-state index in [1.807, 2.05) is 6.26 Å². The number of thioether (sulfide) groups is 1. The Hall–Kier alpha value is -1.29. The predicted molar refractivity (Wildman–Crippen MR) is 65.1 cm³/mol. The smallest absolute Gasteiger partial charge is 0.337 e. The molecular weight excluding hydrogens is 224 g/mol. The van der Waals surface area contributed by atoms with E-state index in [4.69, 9.17) is 0 Å². The topological polar surface area (TPSA) is 43.4 Å². The summed E-state index contributed by atoms with van der Waals surface area (Å²) in [5, 5.41) is 0. The summed E-state index contributed by atoms with van der Waals surface area (Å²) < 4.78 is 4.57. The molecule has 0 spiro atoms. The zero-order valence-corrected chi connectivity index (χ0v) is 10.2. The van der Waals surface area contributed by atoms with Crippen molar-refractivity contribution in [1.29, 1.82) is 0 Å². The maximum absolute atomic E-state index is 11.6. The van der Waals surface area contributed by atoms with Gasteiger partial charge in [0.15, 0.2) is 5.78 Å². The van der Waals surface area contributed by atoms with E-state index in [1.165, 1.54) is 7.11 Å². The van der Waals surface area contributed by atoms with Crippen LogP contribution in [0.25, 0.3) is 0 Å². The van der Waals surface area contributed by atoms with E-state index < -0.39 is 0 Å². The fourth-order valence-corrected chi connectivity index (χ4v) is 1.64. The van der Waals surface area contributed by atoms with Crippen molar-refractivity contribution in [3.63, 3.8) is 0 Å². The summed E-state index contributed by atoms with van der Waals surface area (Å²) in [5.41, 5.74) is 1.10. The van der Waals surface area contributed by atoms with Crippen molar-refractivity contribution in [2.24, 2.45) is 0 Å². The average molecular weight is 238 g/mol. The second-order valence-electron chi connectivity index (χ2n) is 3.23. The van der Waals surface area contributed by atoms with Crippen molar-refractivity contribution in [2.75, 3.05) is 19.1 Å². The maximum atomic E-state index is 11.6. The minimum Gasteiger partial charge on any atom is -0.465 e. The molecule has 1 aromatic rings. The zero-order valence-electron chi connectivity index (χ0n) is 9.36. The number of ketones is 1. The maximum Gasteiger partial charge on any atom is 0.337 e. The van der Waals surface area contributed by atoms with Gasteiger partial charge in [0, 0.05) is 17.7 Å². The van der Waals surface area contributed by atoms with E-state index in [-0.39, 0.29) is 11.8 Å². The van der Waals surface area contributed by atoms with Crippen LogP contribution in [0.4, 0.5) is 0 Å². The van der Waals surface area contributed by atoms with Crippen molar-refractivity contribution in [1.82, 2.24) is 0 Å². The SMILES string of the molecule is COC(=O)c1ccc(C(=O)CCSC)cc1. The van der Waals surface area contributed by atoms with E-state index >= 15 is 0 Å². The zero-order chi connectivity index (χ0) is 12.0. The van der Waals surface area contributed by atoms with Crippen LogP contribution in [0.2, 0.25) is 0 Å². The third-order valence-corrected chi connectivity index (χ3v) is 2.77. The summed E-state index contributed by atoms with van der Waals surface area (Å²) >= 11 is 1.64. The number of Topliss-reactive ketones (excluding diaryl/α,β-unsaturated/α-hetero) is 1. The van der Waals surface area contributed by atoms with Crippen LogP contribution in [-0.4, -0.2) is 30.9 Å². The van der Waals surface area contributed by atoms with Gasteiger partial charge >= 0.3 is 5.97 Å². The quantitative estimate of drug-likeness (QED) is 0.583. The van der Waals surface area contributed by atoms with E-state index in [1.54, 1.807) is 36.0 Å². The number of hydrogen-bond acceptors (Lipinski definition) is 4. The Morgan fingerprint density at radius 1 is 1.19 bits per heavy atom. The van der Waals surface area contributed by atoms with Gasteiger partial charge in [0.2, 0.25) is 0 Å². The molecule has 0 aliphatic rings. The molecule has 86 valence electrons. The Kier molecular flexibility index (Phi) is 5.05. The molecule has 1 rings (SSSR count). The third kappa shape index (κ3) is 3.38. The minimum atomic E-state index is -0.386. The van der Waals surface area contributed by atoms with Gasteiger partial charge in [-0.2, -0.15) is 11.8 Å². The molecule has 1 aromatic carbocycles. The first kappa shape index (κ1) is 12.8. The Morgan fingerprint density at radius 2 is 1.75 bits per heavy atom. The van der Waals surface area contributed by atoms with E-state index in [2.05, 4.69) is 4.74 Å². The van der Waals surface area contributed by atoms with E-state index in [9.17, 15) is 9.59 Å². The van der Waals surface area contributed by atoms with Crippen LogP contribution in [0.1, 0.15) is 27.1 Å². The number of carbonyl (C=O) groups excluding carboxylic acids is 2. The molecule has 0 N–H and O–H groups in total. The predicted octanol–water partition coefficient (Wildman–Crippen LogP) is 2.41. The molecule has 0 amide bonds. The molecule has 4 heteroatoms. The monoisotopic (exact) mass is 238 g/mol. The fraction of sp³-hybridized carbons (Fsp3) is 0.333. The summed E-state index contributed by atoms with van der Waals surface area (Å²) in [4.78, 5) is 22.8. The van der Waals surface area contributed by atoms with Gasteiger partial charge in [0.05, 0.1) is 12.7 Å². The van der Waals surface area contributed by atoms with Crippen LogP contribution in [-0.2, 0) is 4.74 Å². The molecule has 3 nitrogen and oxygen atoms in total. The van der Waals surface area contributed by atoms with Crippen LogP contribution in [0.5, 0.6) is 0 Å². The first-order valence-corrected chi connectivity index (χ1v) is 6.29. The Balaban J connectivity index is 2.71. The molecule has 0 fully saturated rings. The summed E-state index contributed by atoms with van der Waals surface area (Å²) in [5.74, 6) is 0.534. The van der Waals surface area contributed by atoms with Gasteiger partial charge in [-0.3, -0.25) is 4.79 Å². The Bertz CT molecular complexity index is 370. The van der Waals surface area contributed by atoms with Gasteiger partial charge in [0.1, 0.15) is 0 Å². The van der Waals surface area contributed by atoms with Crippen LogP contribution in [0.3, 0.4) is 0 Å². The molecule has 0 bridgehead atoms. The second-order valence-corrected chi connectivity index (χ2v) is 4.22. The number of methoxy groups -OCH3 is 1. The van der Waals surface area contributed by atoms with Gasteiger partial charge in [-0.15, -0.1) is 0 Å². The first-order valence-electron chi connectivity index (χ1n) is 4.89. The lowest BCUT2D eigenvalue weighted by atomic mass is 10.1. The van der Waals surface area contributed by atoms with Crippen LogP contribution >= 0.6 is 11.8 Å². The largest absolute Gasteiger partial charge is 0.465 e. The molecule has 0 aromatic heterocycles. The van der Waals surface area contributed by atoms with Crippen LogP contribution in [0.15, 0.2) is 24.3 Å². The number of benzene rings is 1. The van der Waals surface area contributed by atoms with Crippen LogP contribution in [0, 0.1) is 0 Å². The number of rotatable bonds is 5. The van der Waals surface area contributed by atoms with Gasteiger partial charge in [-0.05, 0) is 18.4 Å². The lowest BCUT2D eigenvalue weighted by Crippen LogP contribution is -2.04. The van der Waals surface area contributed by atoms with Crippen molar-refractivity contribution in [3.05, 3.63) is 35.4 Å². The van der Waals surface area contributed by atoms with Crippen LogP contribution < -0.4 is 0 Å². The molecule has 0 aliphatic carbocycles. The first-order chi connectivity index (χ1) is 7.69. The molecule has 0 saturated carbocycles. The van der Waals surface area contributed by atoms with Gasteiger partial charge < -0.3 is 4.74 Å². The molecule has 16 heavy (non-hydrogen) atoms. The summed E-state index contributed by atoms with van der Waals surface area (Å²) in [7, 11) is 1.33. The number of carbonyl (C=O) groups is 2. The summed E-state index contributed by atoms with van der Waals surface area (Å²) in [6.07, 6.45) is 2.49. The van der Waals surface area contributed by atoms with Crippen molar-refractivity contribution < 1.29 is 14.3 Å². The number of hydrogen-bond donors (Lipinski definition) is 0. The highest BCUT2D eigenvalue weighted by Gasteiger charge is 2.08. The van der Waals surface area contributed by atoms with Gasteiger partial charge in [0.25, 0.3) is 0 Å². The highest BCUT2D eigenvalue weighted by molar-refractivity contribution is 7.98. The average Bonchev–Trinajstić information content (AvgIpc) is 2.35. The number of esters is 1. The normalized spacial score (nSPS) is 9.88. The van der Waals surface area contributed by atoms with Crippen molar-refractivity contribution >= 4 is 23.5 Å². The second kappa shape index (κ2) is 6.33. The van der Waals surface area contributed by atoms with E-state index in [0.29, 0.717) is 17.5 Å². The fourth-order valence-electron chi connectivity index (χ4n) is 1.25. The standard InChI is InChI=1S/C12H14O3S/c1-15-12(14)10-5-3-9(4-6-10)11(13)7-8-16-2/h3-6H,7-8H2,1-2H3. The highest BCUT2D eigenvalue weighted by Crippen LogP contribution is 2.09. The Morgan fingerprint density at radius 3 is 2.25 bits per heavy atom. The lowest BCUT2D eigenvalue weighted by Gasteiger charge is -2.02. The molecule has 0 saturated heterocycles. The molecule has 0 heterocycles.